The van der Waals surface area contributed by atoms with E-state index in [4.69, 9.17) is 9.47 Å². The van der Waals surface area contributed by atoms with E-state index in [2.05, 4.69) is 5.32 Å². The molecule has 1 N–H and O–H groups in total. The molecule has 1 heterocycles. The number of carbonyl (C=O) groups excluding carboxylic acids is 3. The molecule has 1 aromatic rings. The number of ether oxygens (including phenoxy) is 2. The van der Waals surface area contributed by atoms with Crippen molar-refractivity contribution in [2.24, 2.45) is 11.8 Å². The minimum atomic E-state index is -0.239. The second-order valence-electron chi connectivity index (χ2n) is 9.86. The highest BCUT2D eigenvalue weighted by Gasteiger charge is 2.32. The molecule has 0 spiro atoms. The van der Waals surface area contributed by atoms with E-state index in [0.29, 0.717) is 36.6 Å². The van der Waals surface area contributed by atoms with Crippen molar-refractivity contribution in [1.29, 1.82) is 0 Å². The monoisotopic (exact) mass is 474 g/mol. The van der Waals surface area contributed by atoms with Crippen LogP contribution >= 0.6 is 0 Å². The lowest BCUT2D eigenvalue weighted by Crippen LogP contribution is -2.50. The normalized spacial score (nSPS) is 24.1. The summed E-state index contributed by atoms with van der Waals surface area (Å²) in [5, 5.41) is 2.91. The average Bonchev–Trinajstić information content (AvgIpc) is 3.63. The molecule has 0 unspecified atom stereocenters. The number of hydrogen-bond acceptors (Lipinski definition) is 6. The van der Waals surface area contributed by atoms with Crippen LogP contribution in [0.15, 0.2) is 18.2 Å². The van der Waals surface area contributed by atoms with Gasteiger partial charge in [0.2, 0.25) is 11.8 Å². The third-order valence-corrected chi connectivity index (χ3v) is 6.43. The molecule has 0 radical (unpaired) electrons. The molecular weight excluding hydrogens is 436 g/mol. The van der Waals surface area contributed by atoms with Crippen LogP contribution in [0.25, 0.3) is 0 Å². The predicted octanol–water partition coefficient (Wildman–Crippen LogP) is 1.93. The van der Waals surface area contributed by atoms with Gasteiger partial charge in [0.05, 0.1) is 24.3 Å². The van der Waals surface area contributed by atoms with Gasteiger partial charge in [-0.15, -0.1) is 0 Å². The quantitative estimate of drug-likeness (QED) is 0.701. The molecule has 3 amide bonds. The van der Waals surface area contributed by atoms with Gasteiger partial charge in [-0.05, 0) is 46.0 Å². The largest absolute Gasteiger partial charge is 0.491 e. The van der Waals surface area contributed by atoms with Crippen molar-refractivity contribution in [2.45, 2.75) is 38.8 Å². The van der Waals surface area contributed by atoms with Crippen LogP contribution in [0.5, 0.6) is 5.75 Å². The number of nitrogens with one attached hydrogen (secondary N) is 1. The Labute approximate surface area is 202 Å². The standard InChI is InChI=1S/C25H38N4O5/c1-16-12-29(23(30)14-27(3)4)17(2)15-34-21-11-19(26-24(31)18-7-8-18)9-10-20(21)25(32)28(5)13-22(16)33-6/h9-11,16-18,22H,7-8,12-15H2,1-6H3,(H,26,31)/t16-,17+,22+/m0/s1. The Bertz CT molecular complexity index is 901. The highest BCUT2D eigenvalue weighted by atomic mass is 16.5. The van der Waals surface area contributed by atoms with Crippen LogP contribution in [0.1, 0.15) is 37.0 Å². The molecule has 0 aromatic heterocycles. The van der Waals surface area contributed by atoms with E-state index >= 15 is 0 Å². The first kappa shape index (κ1) is 26.0. The first-order chi connectivity index (χ1) is 16.1. The van der Waals surface area contributed by atoms with Crippen molar-refractivity contribution in [3.8, 4) is 5.75 Å². The smallest absolute Gasteiger partial charge is 0.257 e. The van der Waals surface area contributed by atoms with E-state index < -0.39 is 0 Å². The fraction of sp³-hybridized carbons (Fsp3) is 0.640. The summed E-state index contributed by atoms with van der Waals surface area (Å²) in [6.07, 6.45) is 1.57. The third-order valence-electron chi connectivity index (χ3n) is 6.43. The maximum absolute atomic E-state index is 13.3. The molecule has 1 aliphatic heterocycles. The number of anilines is 1. The van der Waals surface area contributed by atoms with Crippen molar-refractivity contribution in [2.75, 3.05) is 59.8 Å². The molecule has 34 heavy (non-hydrogen) atoms. The fourth-order valence-electron chi connectivity index (χ4n) is 4.15. The molecule has 0 bridgehead atoms. The number of benzene rings is 1. The number of carbonyl (C=O) groups is 3. The number of amides is 3. The summed E-state index contributed by atoms with van der Waals surface area (Å²) in [4.78, 5) is 43.9. The van der Waals surface area contributed by atoms with Gasteiger partial charge in [0.25, 0.3) is 5.91 Å². The zero-order valence-electron chi connectivity index (χ0n) is 21.2. The topological polar surface area (TPSA) is 91.4 Å². The maximum atomic E-state index is 13.3. The molecule has 3 atom stereocenters. The predicted molar refractivity (Wildman–Crippen MR) is 130 cm³/mol. The Morgan fingerprint density at radius 3 is 2.53 bits per heavy atom. The van der Waals surface area contributed by atoms with Gasteiger partial charge >= 0.3 is 0 Å². The molecule has 1 aliphatic carbocycles. The van der Waals surface area contributed by atoms with E-state index in [0.717, 1.165) is 12.8 Å². The van der Waals surface area contributed by atoms with Crippen LogP contribution in [0.3, 0.4) is 0 Å². The Kier molecular flexibility index (Phi) is 8.54. The second-order valence-corrected chi connectivity index (χ2v) is 9.86. The van der Waals surface area contributed by atoms with Crippen molar-refractivity contribution < 1.29 is 23.9 Å². The molecule has 0 saturated heterocycles. The number of nitrogens with zero attached hydrogens (tertiary/aromatic N) is 3. The number of hydrogen-bond donors (Lipinski definition) is 1. The van der Waals surface area contributed by atoms with Crippen LogP contribution in [-0.4, -0.2) is 99.1 Å². The van der Waals surface area contributed by atoms with Gasteiger partial charge in [-0.1, -0.05) is 6.92 Å². The molecule has 2 aliphatic rings. The van der Waals surface area contributed by atoms with E-state index in [1.54, 1.807) is 37.3 Å². The highest BCUT2D eigenvalue weighted by Crippen LogP contribution is 2.32. The molecular formula is C25H38N4O5. The minimum absolute atomic E-state index is 0.00715. The number of rotatable bonds is 5. The Balaban J connectivity index is 1.92. The summed E-state index contributed by atoms with van der Waals surface area (Å²) in [5.74, 6) is 0.280. The Morgan fingerprint density at radius 1 is 1.21 bits per heavy atom. The van der Waals surface area contributed by atoms with E-state index in [1.807, 2.05) is 37.7 Å². The molecule has 1 fully saturated rings. The summed E-state index contributed by atoms with van der Waals surface area (Å²) < 4.78 is 11.9. The Morgan fingerprint density at radius 2 is 1.91 bits per heavy atom. The maximum Gasteiger partial charge on any atom is 0.257 e. The lowest BCUT2D eigenvalue weighted by Gasteiger charge is -2.36. The second kappa shape index (κ2) is 11.2. The van der Waals surface area contributed by atoms with Crippen LogP contribution in [0.2, 0.25) is 0 Å². The minimum Gasteiger partial charge on any atom is -0.491 e. The molecule has 9 nitrogen and oxygen atoms in total. The first-order valence-corrected chi connectivity index (χ1v) is 11.9. The number of methoxy groups -OCH3 is 1. The number of likely N-dealkylation sites (N-methyl/N-ethyl adjacent to an activating group) is 2. The molecule has 9 heteroatoms. The zero-order valence-corrected chi connectivity index (χ0v) is 21.2. The molecule has 1 aromatic carbocycles. The van der Waals surface area contributed by atoms with Crippen LogP contribution in [0, 0.1) is 11.8 Å². The third kappa shape index (κ3) is 6.48. The lowest BCUT2D eigenvalue weighted by atomic mass is 10.0. The number of fused-ring (bicyclic) bond motifs is 1. The first-order valence-electron chi connectivity index (χ1n) is 11.9. The van der Waals surface area contributed by atoms with Gasteiger partial charge in [0, 0.05) is 50.8 Å². The fourth-order valence-corrected chi connectivity index (χ4v) is 4.15. The van der Waals surface area contributed by atoms with Gasteiger partial charge in [-0.25, -0.2) is 0 Å². The summed E-state index contributed by atoms with van der Waals surface area (Å²) in [7, 11) is 7.10. The zero-order chi connectivity index (χ0) is 25.0. The van der Waals surface area contributed by atoms with Gasteiger partial charge in [-0.3, -0.25) is 14.4 Å². The van der Waals surface area contributed by atoms with Crippen molar-refractivity contribution in [1.82, 2.24) is 14.7 Å². The van der Waals surface area contributed by atoms with Crippen molar-refractivity contribution in [3.05, 3.63) is 23.8 Å². The van der Waals surface area contributed by atoms with E-state index in [9.17, 15) is 14.4 Å². The van der Waals surface area contributed by atoms with Crippen LogP contribution < -0.4 is 10.1 Å². The summed E-state index contributed by atoms with van der Waals surface area (Å²) >= 11 is 0. The summed E-state index contributed by atoms with van der Waals surface area (Å²) in [6.45, 7) is 5.35. The average molecular weight is 475 g/mol. The summed E-state index contributed by atoms with van der Waals surface area (Å²) in [6, 6.07) is 4.89. The van der Waals surface area contributed by atoms with Gasteiger partial charge in [0.15, 0.2) is 0 Å². The van der Waals surface area contributed by atoms with Gasteiger partial charge < -0.3 is 29.5 Å². The van der Waals surface area contributed by atoms with Crippen molar-refractivity contribution >= 4 is 23.4 Å². The van der Waals surface area contributed by atoms with Crippen LogP contribution in [0.4, 0.5) is 5.69 Å². The van der Waals surface area contributed by atoms with Crippen LogP contribution in [-0.2, 0) is 14.3 Å². The molecule has 188 valence electrons. The van der Waals surface area contributed by atoms with Gasteiger partial charge in [0.1, 0.15) is 12.4 Å². The molecule has 1 saturated carbocycles. The molecule has 3 rings (SSSR count). The summed E-state index contributed by atoms with van der Waals surface area (Å²) in [5.41, 5.74) is 1.00. The Hall–Kier alpha value is -2.65. The van der Waals surface area contributed by atoms with E-state index in [-0.39, 0.29) is 48.3 Å². The van der Waals surface area contributed by atoms with Crippen molar-refractivity contribution in [3.63, 3.8) is 0 Å². The van der Waals surface area contributed by atoms with Gasteiger partial charge in [-0.2, -0.15) is 0 Å². The SMILES string of the molecule is CO[C@@H]1CN(C)C(=O)c2ccc(NC(=O)C3CC3)cc2OC[C@@H](C)N(C(=O)CN(C)C)C[C@@H]1C. The highest BCUT2D eigenvalue weighted by molar-refractivity contribution is 5.99. The lowest BCUT2D eigenvalue weighted by molar-refractivity contribution is -0.136. The van der Waals surface area contributed by atoms with E-state index in [1.165, 1.54) is 0 Å².